The van der Waals surface area contributed by atoms with Gasteiger partial charge >= 0.3 is 0 Å². The second-order valence-corrected chi connectivity index (χ2v) is 11.8. The Balaban J connectivity index is 1.54. The zero-order valence-electron chi connectivity index (χ0n) is 24.4. The highest BCUT2D eigenvalue weighted by Crippen LogP contribution is 2.63. The summed E-state index contributed by atoms with van der Waals surface area (Å²) < 4.78 is 6.83. The maximum atomic E-state index is 14.5. The molecule has 8 nitrogen and oxygen atoms in total. The number of fused-ring (bicyclic) bond motifs is 1. The summed E-state index contributed by atoms with van der Waals surface area (Å²) in [5.74, 6) is -2.16. The van der Waals surface area contributed by atoms with Crippen molar-refractivity contribution < 1.29 is 24.2 Å². The van der Waals surface area contributed by atoms with Crippen molar-refractivity contribution in [3.05, 3.63) is 91.5 Å². The van der Waals surface area contributed by atoms with Gasteiger partial charge in [0, 0.05) is 38.5 Å². The number of aliphatic hydroxyl groups is 1. The summed E-state index contributed by atoms with van der Waals surface area (Å²) >= 11 is 0. The number of likely N-dealkylation sites (tertiary alicyclic amines) is 1. The van der Waals surface area contributed by atoms with Crippen molar-refractivity contribution in [1.29, 1.82) is 0 Å². The Labute approximate surface area is 248 Å². The van der Waals surface area contributed by atoms with Crippen molar-refractivity contribution >= 4 is 23.4 Å². The van der Waals surface area contributed by atoms with Gasteiger partial charge in [-0.2, -0.15) is 0 Å². The first-order valence-corrected chi connectivity index (χ1v) is 14.8. The van der Waals surface area contributed by atoms with Crippen molar-refractivity contribution in [1.82, 2.24) is 9.80 Å². The molecular weight excluding hydrogens is 530 g/mol. The molecule has 0 aliphatic carbocycles. The number of ether oxygens (including phenoxy) is 1. The number of anilines is 1. The van der Waals surface area contributed by atoms with Crippen molar-refractivity contribution in [2.45, 2.75) is 56.4 Å². The fourth-order valence-corrected chi connectivity index (χ4v) is 7.31. The van der Waals surface area contributed by atoms with E-state index in [1.54, 1.807) is 26.9 Å². The van der Waals surface area contributed by atoms with E-state index in [4.69, 9.17) is 4.74 Å². The number of hydrogen-bond acceptors (Lipinski definition) is 5. The minimum absolute atomic E-state index is 0.00488. The molecule has 2 aromatic rings. The van der Waals surface area contributed by atoms with Crippen LogP contribution in [0.3, 0.4) is 0 Å². The van der Waals surface area contributed by atoms with Crippen LogP contribution in [0, 0.1) is 11.8 Å². The lowest BCUT2D eigenvalue weighted by atomic mass is 9.66. The molecule has 3 amide bonds. The molecule has 1 spiro atoms. The summed E-state index contributed by atoms with van der Waals surface area (Å²) in [7, 11) is 0. The standard InChI is InChI=1S/C34H41N3O5/c1-4-20-35(24-25-14-8-6-9-15-25)32(41)29-34-19-18-33(3,42-34)27(28(34)31(40)37(29)22-12-13-23-38)30(39)36(21-5-2)26-16-10-7-11-17-26/h4-11,14-17,27-29,38H,1-2,12-13,18-24H2,3H3/t27-,28-,29?,33+,34?/m0/s1. The number of aliphatic hydroxyl groups excluding tert-OH is 1. The van der Waals surface area contributed by atoms with E-state index in [1.165, 1.54) is 0 Å². The highest BCUT2D eigenvalue weighted by atomic mass is 16.5. The lowest BCUT2D eigenvalue weighted by molar-refractivity contribution is -0.151. The minimum Gasteiger partial charge on any atom is -0.396 e. The van der Waals surface area contributed by atoms with E-state index < -0.39 is 29.1 Å². The zero-order valence-corrected chi connectivity index (χ0v) is 24.4. The number of benzene rings is 2. The SMILES string of the molecule is C=CCN(Cc1ccccc1)C(=O)C1N(CCCCO)C(=O)[C@@H]2[C@@H](C(=O)N(CC=C)c3ccccc3)[C@@]3(C)CCC12O3. The number of amides is 3. The molecule has 42 heavy (non-hydrogen) atoms. The molecule has 5 atom stereocenters. The fourth-order valence-electron chi connectivity index (χ4n) is 7.31. The van der Waals surface area contributed by atoms with E-state index in [1.807, 2.05) is 67.6 Å². The van der Waals surface area contributed by atoms with Gasteiger partial charge in [0.1, 0.15) is 11.6 Å². The average Bonchev–Trinajstić information content (AvgIpc) is 3.57. The quantitative estimate of drug-likeness (QED) is 0.291. The molecule has 2 bridgehead atoms. The molecule has 5 rings (SSSR count). The molecule has 3 heterocycles. The van der Waals surface area contributed by atoms with Crippen LogP contribution in [0.1, 0.15) is 38.2 Å². The molecule has 0 radical (unpaired) electrons. The first-order valence-electron chi connectivity index (χ1n) is 14.8. The van der Waals surface area contributed by atoms with Gasteiger partial charge in [-0.1, -0.05) is 60.7 Å². The van der Waals surface area contributed by atoms with Gasteiger partial charge in [-0.15, -0.1) is 13.2 Å². The highest BCUT2D eigenvalue weighted by Gasteiger charge is 2.78. The average molecular weight is 572 g/mol. The van der Waals surface area contributed by atoms with Crippen molar-refractivity contribution in [2.75, 3.05) is 31.1 Å². The smallest absolute Gasteiger partial charge is 0.248 e. The van der Waals surface area contributed by atoms with Crippen LogP contribution in [0.25, 0.3) is 0 Å². The van der Waals surface area contributed by atoms with E-state index in [0.717, 1.165) is 11.3 Å². The van der Waals surface area contributed by atoms with Gasteiger partial charge in [0.25, 0.3) is 0 Å². The topological polar surface area (TPSA) is 90.4 Å². The second kappa shape index (κ2) is 12.2. The van der Waals surface area contributed by atoms with Gasteiger partial charge in [-0.3, -0.25) is 14.4 Å². The number of nitrogens with zero attached hydrogens (tertiary/aromatic N) is 3. The Morgan fingerprint density at radius 2 is 1.67 bits per heavy atom. The van der Waals surface area contributed by atoms with E-state index in [0.29, 0.717) is 45.3 Å². The molecule has 8 heteroatoms. The number of carbonyl (C=O) groups excluding carboxylic acids is 3. The van der Waals surface area contributed by atoms with Gasteiger partial charge in [0.05, 0.1) is 17.4 Å². The molecule has 0 aromatic heterocycles. The van der Waals surface area contributed by atoms with Gasteiger partial charge in [0.2, 0.25) is 17.7 Å². The Morgan fingerprint density at radius 3 is 2.31 bits per heavy atom. The largest absolute Gasteiger partial charge is 0.396 e. The Bertz CT molecular complexity index is 1320. The molecule has 0 saturated carbocycles. The zero-order chi connectivity index (χ0) is 29.9. The lowest BCUT2D eigenvalue weighted by Crippen LogP contribution is -2.56. The van der Waals surface area contributed by atoms with Crippen molar-refractivity contribution in [2.24, 2.45) is 11.8 Å². The van der Waals surface area contributed by atoms with Crippen molar-refractivity contribution in [3.8, 4) is 0 Å². The molecule has 3 aliphatic heterocycles. The van der Waals surface area contributed by atoms with Crippen LogP contribution in [0.2, 0.25) is 0 Å². The number of para-hydroxylation sites is 1. The van der Waals surface area contributed by atoms with E-state index in [-0.39, 0.29) is 30.9 Å². The summed E-state index contributed by atoms with van der Waals surface area (Å²) in [6.45, 7) is 10.9. The monoisotopic (exact) mass is 571 g/mol. The molecule has 2 aromatic carbocycles. The van der Waals surface area contributed by atoms with Gasteiger partial charge in [-0.25, -0.2) is 0 Å². The van der Waals surface area contributed by atoms with Crippen LogP contribution in [0.5, 0.6) is 0 Å². The van der Waals surface area contributed by atoms with Gasteiger partial charge in [0.15, 0.2) is 0 Å². The van der Waals surface area contributed by atoms with Crippen molar-refractivity contribution in [3.63, 3.8) is 0 Å². The Kier molecular flexibility index (Phi) is 8.66. The lowest BCUT2D eigenvalue weighted by Gasteiger charge is -2.37. The minimum atomic E-state index is -1.12. The third-order valence-corrected chi connectivity index (χ3v) is 9.11. The maximum absolute atomic E-state index is 14.5. The second-order valence-electron chi connectivity index (χ2n) is 11.8. The van der Waals surface area contributed by atoms with Crippen LogP contribution in [-0.2, 0) is 25.7 Å². The summed E-state index contributed by atoms with van der Waals surface area (Å²) in [4.78, 5) is 48.4. The number of rotatable bonds is 13. The summed E-state index contributed by atoms with van der Waals surface area (Å²) in [5, 5.41) is 9.46. The van der Waals surface area contributed by atoms with Crippen LogP contribution in [0.4, 0.5) is 5.69 Å². The molecular formula is C34H41N3O5. The maximum Gasteiger partial charge on any atom is 0.248 e. The van der Waals surface area contributed by atoms with Gasteiger partial charge in [-0.05, 0) is 50.3 Å². The third kappa shape index (κ3) is 5.07. The number of hydrogen-bond donors (Lipinski definition) is 1. The predicted octanol–water partition coefficient (Wildman–Crippen LogP) is 3.96. The summed E-state index contributed by atoms with van der Waals surface area (Å²) in [6, 6.07) is 18.2. The first-order chi connectivity index (χ1) is 20.3. The van der Waals surface area contributed by atoms with Crippen LogP contribution < -0.4 is 4.90 Å². The number of unbranched alkanes of at least 4 members (excludes halogenated alkanes) is 1. The molecule has 222 valence electrons. The molecule has 3 fully saturated rings. The molecule has 3 saturated heterocycles. The van der Waals surface area contributed by atoms with Crippen LogP contribution >= 0.6 is 0 Å². The van der Waals surface area contributed by atoms with Crippen LogP contribution in [-0.4, -0.2) is 76.1 Å². The number of carbonyl (C=O) groups is 3. The van der Waals surface area contributed by atoms with Crippen LogP contribution in [0.15, 0.2) is 86.0 Å². The molecule has 2 unspecified atom stereocenters. The first kappa shape index (κ1) is 29.7. The van der Waals surface area contributed by atoms with E-state index in [9.17, 15) is 19.5 Å². The summed E-state index contributed by atoms with van der Waals surface area (Å²) in [6.07, 6.45) is 5.49. The predicted molar refractivity (Wildman–Crippen MR) is 161 cm³/mol. The molecule has 3 aliphatic rings. The summed E-state index contributed by atoms with van der Waals surface area (Å²) in [5.41, 5.74) is -0.308. The Hall–Kier alpha value is -3.75. The Morgan fingerprint density at radius 1 is 1.00 bits per heavy atom. The van der Waals surface area contributed by atoms with E-state index >= 15 is 0 Å². The van der Waals surface area contributed by atoms with E-state index in [2.05, 4.69) is 13.2 Å². The molecule has 1 N–H and O–H groups in total. The third-order valence-electron chi connectivity index (χ3n) is 9.11. The fraction of sp³-hybridized carbons (Fsp3) is 0.441. The highest BCUT2D eigenvalue weighted by molar-refractivity contribution is 6.03. The van der Waals surface area contributed by atoms with Gasteiger partial charge < -0.3 is 24.5 Å². The normalized spacial score (nSPS) is 27.5.